The van der Waals surface area contributed by atoms with Gasteiger partial charge in [-0.2, -0.15) is 0 Å². The number of hydrogen-bond acceptors (Lipinski definition) is 11. The van der Waals surface area contributed by atoms with Crippen molar-refractivity contribution in [1.82, 2.24) is 25.2 Å². The predicted octanol–water partition coefficient (Wildman–Crippen LogP) is 2.97. The Morgan fingerprint density at radius 2 is 1.79 bits per heavy atom. The number of carbonyl (C=O) groups is 2. The van der Waals surface area contributed by atoms with Crippen LogP contribution in [0, 0.1) is 0 Å². The Morgan fingerprint density at radius 1 is 1.00 bits per heavy atom. The van der Waals surface area contributed by atoms with Crippen LogP contribution in [0.5, 0.6) is 6.01 Å². The van der Waals surface area contributed by atoms with E-state index in [0.717, 1.165) is 62.6 Å². The van der Waals surface area contributed by atoms with E-state index in [4.69, 9.17) is 14.2 Å². The fourth-order valence-corrected chi connectivity index (χ4v) is 5.94. The van der Waals surface area contributed by atoms with E-state index in [9.17, 15) is 9.59 Å². The van der Waals surface area contributed by atoms with Crippen LogP contribution in [-0.2, 0) is 16.0 Å². The number of hydrogen-bond donors (Lipinski definition) is 2. The maximum Gasteiger partial charge on any atom is 0.316 e. The standard InChI is InChI=1S/C30H37N7O5S/c38-27(31-10-15-41-22-3-4-22)24-18-21(19-36-13-16-40-17-14-36)2-5-25(24)34-28(39)26-20-43-30(35-26)37-11-6-23(7-12-37)42-29-32-8-1-9-33-29/h1-2,5,8-9,18,20,22-23H,3-4,6-7,10-17,19H2,(H,31,38)(H,34,39). The van der Waals surface area contributed by atoms with Crippen molar-refractivity contribution in [3.63, 3.8) is 0 Å². The zero-order valence-electron chi connectivity index (χ0n) is 24.1. The fourth-order valence-electron chi connectivity index (χ4n) is 5.08. The molecule has 2 amide bonds. The van der Waals surface area contributed by atoms with Crippen LogP contribution in [-0.4, -0.2) is 96.4 Å². The molecule has 1 saturated carbocycles. The minimum atomic E-state index is -0.353. The van der Waals surface area contributed by atoms with Gasteiger partial charge >= 0.3 is 6.01 Å². The SMILES string of the molecule is O=C(Nc1ccc(CN2CCOCC2)cc1C(=O)NCCOC1CC1)c1csc(N2CCC(Oc3ncccn3)CC2)n1. The number of morpholine rings is 1. The second-order valence-electron chi connectivity index (χ2n) is 10.9. The molecule has 2 N–H and O–H groups in total. The maximum atomic E-state index is 13.3. The normalized spacial score (nSPS) is 17.9. The summed E-state index contributed by atoms with van der Waals surface area (Å²) >= 11 is 1.43. The average Bonchev–Trinajstić information content (AvgIpc) is 3.73. The van der Waals surface area contributed by atoms with E-state index in [-0.39, 0.29) is 17.9 Å². The molecule has 43 heavy (non-hydrogen) atoms. The number of anilines is 2. The molecule has 0 bridgehead atoms. The van der Waals surface area contributed by atoms with Crippen LogP contribution in [0.1, 0.15) is 52.1 Å². The van der Waals surface area contributed by atoms with Gasteiger partial charge in [0.2, 0.25) is 0 Å². The fraction of sp³-hybridized carbons (Fsp3) is 0.500. The lowest BCUT2D eigenvalue weighted by Crippen LogP contribution is -2.38. The Hall–Kier alpha value is -3.65. The van der Waals surface area contributed by atoms with E-state index in [1.165, 1.54) is 11.3 Å². The predicted molar refractivity (Wildman–Crippen MR) is 162 cm³/mol. The minimum Gasteiger partial charge on any atom is -0.460 e. The Bertz CT molecular complexity index is 1370. The summed E-state index contributed by atoms with van der Waals surface area (Å²) in [6.07, 6.45) is 7.48. The second kappa shape index (κ2) is 14.2. The van der Waals surface area contributed by atoms with Crippen LogP contribution in [0.4, 0.5) is 10.8 Å². The monoisotopic (exact) mass is 607 g/mol. The third-order valence-electron chi connectivity index (χ3n) is 7.60. The van der Waals surface area contributed by atoms with Gasteiger partial charge in [-0.3, -0.25) is 14.5 Å². The number of rotatable bonds is 12. The summed E-state index contributed by atoms with van der Waals surface area (Å²) in [5.41, 5.74) is 2.19. The van der Waals surface area contributed by atoms with E-state index >= 15 is 0 Å². The average molecular weight is 608 g/mol. The van der Waals surface area contributed by atoms with Crippen molar-refractivity contribution >= 4 is 34.0 Å². The molecule has 3 aromatic rings. The number of ether oxygens (including phenoxy) is 3. The van der Waals surface area contributed by atoms with Crippen LogP contribution >= 0.6 is 11.3 Å². The summed E-state index contributed by atoms with van der Waals surface area (Å²) in [7, 11) is 0. The maximum absolute atomic E-state index is 13.3. The van der Waals surface area contributed by atoms with Crippen molar-refractivity contribution < 1.29 is 23.8 Å². The van der Waals surface area contributed by atoms with Crippen molar-refractivity contribution in [2.45, 2.75) is 44.4 Å². The van der Waals surface area contributed by atoms with Crippen molar-refractivity contribution in [1.29, 1.82) is 0 Å². The molecule has 2 aliphatic heterocycles. The highest BCUT2D eigenvalue weighted by molar-refractivity contribution is 7.14. The summed E-state index contributed by atoms with van der Waals surface area (Å²) < 4.78 is 17.0. The van der Waals surface area contributed by atoms with Crippen molar-refractivity contribution in [3.05, 3.63) is 58.9 Å². The lowest BCUT2D eigenvalue weighted by atomic mass is 10.1. The molecule has 0 atom stereocenters. The first kappa shape index (κ1) is 29.4. The molecular formula is C30H37N7O5S. The van der Waals surface area contributed by atoms with Crippen molar-refractivity contribution in [3.8, 4) is 6.01 Å². The van der Waals surface area contributed by atoms with Gasteiger partial charge in [0, 0.05) is 69.9 Å². The quantitative estimate of drug-likeness (QED) is 0.296. The number of carbonyl (C=O) groups excluding carboxylic acids is 2. The molecule has 1 aliphatic carbocycles. The third kappa shape index (κ3) is 8.25. The molecule has 3 fully saturated rings. The Balaban J connectivity index is 1.08. The lowest BCUT2D eigenvalue weighted by molar-refractivity contribution is 0.0342. The lowest BCUT2D eigenvalue weighted by Gasteiger charge is -2.31. The molecule has 228 valence electrons. The van der Waals surface area contributed by atoms with Gasteiger partial charge in [-0.15, -0.1) is 11.3 Å². The molecule has 3 aliphatic rings. The molecule has 4 heterocycles. The number of nitrogens with one attached hydrogen (secondary N) is 2. The summed E-state index contributed by atoms with van der Waals surface area (Å²) in [5, 5.41) is 8.42. The summed E-state index contributed by atoms with van der Waals surface area (Å²) in [6, 6.07) is 7.77. The van der Waals surface area contributed by atoms with Gasteiger partial charge in [-0.1, -0.05) is 6.07 Å². The molecule has 2 saturated heterocycles. The molecule has 2 aromatic heterocycles. The van der Waals surface area contributed by atoms with Crippen LogP contribution in [0.15, 0.2) is 42.0 Å². The van der Waals surface area contributed by atoms with E-state index in [0.29, 0.717) is 62.0 Å². The first-order chi connectivity index (χ1) is 21.1. The Morgan fingerprint density at radius 3 is 2.56 bits per heavy atom. The van der Waals surface area contributed by atoms with Gasteiger partial charge in [-0.25, -0.2) is 15.0 Å². The van der Waals surface area contributed by atoms with Crippen molar-refractivity contribution in [2.75, 3.05) is 62.8 Å². The Labute approximate surface area is 254 Å². The number of nitrogens with zero attached hydrogens (tertiary/aromatic N) is 5. The first-order valence-electron chi connectivity index (χ1n) is 14.9. The first-order valence-corrected chi connectivity index (χ1v) is 15.8. The molecule has 0 unspecified atom stereocenters. The highest BCUT2D eigenvalue weighted by atomic mass is 32.1. The number of amides is 2. The molecular weight excluding hydrogens is 570 g/mol. The van der Waals surface area contributed by atoms with E-state index in [1.807, 2.05) is 12.1 Å². The highest BCUT2D eigenvalue weighted by Gasteiger charge is 2.25. The van der Waals surface area contributed by atoms with Gasteiger partial charge < -0.3 is 29.7 Å². The zero-order chi connectivity index (χ0) is 29.4. The number of piperidine rings is 1. The van der Waals surface area contributed by atoms with Crippen LogP contribution < -0.4 is 20.3 Å². The van der Waals surface area contributed by atoms with Crippen LogP contribution in [0.3, 0.4) is 0 Å². The van der Waals surface area contributed by atoms with Crippen LogP contribution in [0.2, 0.25) is 0 Å². The largest absolute Gasteiger partial charge is 0.460 e. The van der Waals surface area contributed by atoms with Gasteiger partial charge in [0.1, 0.15) is 11.8 Å². The van der Waals surface area contributed by atoms with E-state index < -0.39 is 0 Å². The van der Waals surface area contributed by atoms with Gasteiger partial charge in [-0.05, 0) is 36.6 Å². The minimum absolute atomic E-state index is 0.0393. The van der Waals surface area contributed by atoms with E-state index in [2.05, 4.69) is 35.4 Å². The molecule has 13 heteroatoms. The third-order valence-corrected chi connectivity index (χ3v) is 8.51. The molecule has 12 nitrogen and oxygen atoms in total. The molecule has 6 rings (SSSR count). The number of benzene rings is 1. The van der Waals surface area contributed by atoms with Gasteiger partial charge in [0.25, 0.3) is 11.8 Å². The second-order valence-corrected chi connectivity index (χ2v) is 11.7. The number of thiazole rings is 1. The molecule has 1 aromatic carbocycles. The van der Waals surface area contributed by atoms with Gasteiger partial charge in [0.05, 0.1) is 37.2 Å². The number of aromatic nitrogens is 3. The van der Waals surface area contributed by atoms with Gasteiger partial charge in [0.15, 0.2) is 5.13 Å². The molecule has 0 spiro atoms. The topological polar surface area (TPSA) is 131 Å². The molecule has 0 radical (unpaired) electrons. The van der Waals surface area contributed by atoms with Crippen molar-refractivity contribution in [2.24, 2.45) is 0 Å². The van der Waals surface area contributed by atoms with E-state index in [1.54, 1.807) is 29.9 Å². The summed E-state index contributed by atoms with van der Waals surface area (Å²) in [6.45, 7) is 6.18. The summed E-state index contributed by atoms with van der Waals surface area (Å²) in [4.78, 5) is 43.9. The van der Waals surface area contributed by atoms with Crippen LogP contribution in [0.25, 0.3) is 0 Å². The zero-order valence-corrected chi connectivity index (χ0v) is 24.9. The highest BCUT2D eigenvalue weighted by Crippen LogP contribution is 2.27. The smallest absolute Gasteiger partial charge is 0.316 e. The Kier molecular flexibility index (Phi) is 9.73. The summed E-state index contributed by atoms with van der Waals surface area (Å²) in [5.74, 6) is -0.600.